The summed E-state index contributed by atoms with van der Waals surface area (Å²) in [7, 11) is 0. The van der Waals surface area contributed by atoms with Crippen LogP contribution in [0.4, 0.5) is 0 Å². The van der Waals surface area contributed by atoms with Crippen molar-refractivity contribution in [2.24, 2.45) is 5.92 Å². The van der Waals surface area contributed by atoms with Gasteiger partial charge in [0.25, 0.3) is 0 Å². The second-order valence-electron chi connectivity index (χ2n) is 6.96. The molecule has 2 heteroatoms. The molecule has 1 aromatic rings. The van der Waals surface area contributed by atoms with Gasteiger partial charge >= 0.3 is 0 Å². The van der Waals surface area contributed by atoms with Gasteiger partial charge in [-0.1, -0.05) is 45.0 Å². The minimum Gasteiger partial charge on any atom is -0.314 e. The van der Waals surface area contributed by atoms with Gasteiger partial charge in [-0.3, -0.25) is 4.90 Å². The summed E-state index contributed by atoms with van der Waals surface area (Å²) >= 11 is 0. The zero-order valence-electron chi connectivity index (χ0n) is 14.2. The molecule has 2 nitrogen and oxygen atoms in total. The zero-order valence-corrected chi connectivity index (χ0v) is 14.2. The van der Waals surface area contributed by atoms with Gasteiger partial charge in [-0.15, -0.1) is 0 Å². The fourth-order valence-electron chi connectivity index (χ4n) is 3.31. The van der Waals surface area contributed by atoms with Crippen LogP contribution in [-0.4, -0.2) is 30.1 Å². The highest BCUT2D eigenvalue weighted by atomic mass is 15.2. The molecule has 0 aromatic heterocycles. The smallest absolute Gasteiger partial charge is 0.0239 e. The summed E-state index contributed by atoms with van der Waals surface area (Å²) in [6, 6.07) is 10.3. The van der Waals surface area contributed by atoms with Crippen molar-refractivity contribution in [2.45, 2.75) is 65.6 Å². The minimum atomic E-state index is 0.570. The predicted molar refractivity (Wildman–Crippen MR) is 91.6 cm³/mol. The molecule has 0 spiro atoms. The van der Waals surface area contributed by atoms with Gasteiger partial charge in [0.2, 0.25) is 0 Å². The van der Waals surface area contributed by atoms with Crippen molar-refractivity contribution in [1.29, 1.82) is 0 Å². The molecule has 0 amide bonds. The number of benzene rings is 1. The van der Waals surface area contributed by atoms with Gasteiger partial charge in [0.05, 0.1) is 0 Å². The molecule has 2 unspecified atom stereocenters. The molecule has 0 radical (unpaired) electrons. The van der Waals surface area contributed by atoms with Crippen LogP contribution in [0.5, 0.6) is 0 Å². The van der Waals surface area contributed by atoms with Gasteiger partial charge in [-0.2, -0.15) is 0 Å². The standard InChI is InChI=1S/C19H32N2/c1-15(2)20-12-11-18-9-5-6-10-19(18)14-21-13-7-8-16(3)17(21)4/h5-6,9-10,15-17,20H,7-8,11-14H2,1-4H3. The highest BCUT2D eigenvalue weighted by molar-refractivity contribution is 5.27. The Balaban J connectivity index is 1.99. The first-order chi connectivity index (χ1) is 10.1. The number of hydrogen-bond donors (Lipinski definition) is 1. The van der Waals surface area contributed by atoms with E-state index in [4.69, 9.17) is 0 Å². The predicted octanol–water partition coefficient (Wildman–Crippen LogP) is 3.85. The lowest BCUT2D eigenvalue weighted by atomic mass is 9.91. The van der Waals surface area contributed by atoms with Crippen LogP contribution in [0.15, 0.2) is 24.3 Å². The van der Waals surface area contributed by atoms with E-state index in [0.29, 0.717) is 12.1 Å². The molecule has 1 aromatic carbocycles. The molecule has 1 fully saturated rings. The maximum absolute atomic E-state index is 3.53. The van der Waals surface area contributed by atoms with Gasteiger partial charge in [0.15, 0.2) is 0 Å². The largest absolute Gasteiger partial charge is 0.314 e. The Bertz CT molecular complexity index is 427. The van der Waals surface area contributed by atoms with Crippen LogP contribution in [0.2, 0.25) is 0 Å². The quantitative estimate of drug-likeness (QED) is 0.855. The Labute approximate surface area is 130 Å². The lowest BCUT2D eigenvalue weighted by Crippen LogP contribution is -2.41. The molecule has 2 rings (SSSR count). The van der Waals surface area contributed by atoms with Crippen molar-refractivity contribution in [3.63, 3.8) is 0 Å². The molecular formula is C19H32N2. The highest BCUT2D eigenvalue weighted by Gasteiger charge is 2.24. The summed E-state index contributed by atoms with van der Waals surface area (Å²) in [4.78, 5) is 2.67. The van der Waals surface area contributed by atoms with Gasteiger partial charge in [-0.25, -0.2) is 0 Å². The second kappa shape index (κ2) is 7.95. The van der Waals surface area contributed by atoms with E-state index in [0.717, 1.165) is 25.4 Å². The van der Waals surface area contributed by atoms with Crippen LogP contribution in [0.25, 0.3) is 0 Å². The summed E-state index contributed by atoms with van der Waals surface area (Å²) in [5.74, 6) is 0.827. The minimum absolute atomic E-state index is 0.570. The van der Waals surface area contributed by atoms with E-state index in [1.807, 2.05) is 0 Å². The molecule has 1 aliphatic rings. The van der Waals surface area contributed by atoms with Gasteiger partial charge in [0, 0.05) is 18.6 Å². The van der Waals surface area contributed by atoms with Crippen molar-refractivity contribution < 1.29 is 0 Å². The third kappa shape index (κ3) is 4.82. The van der Waals surface area contributed by atoms with Crippen molar-refractivity contribution in [3.8, 4) is 0 Å². The van der Waals surface area contributed by atoms with E-state index in [2.05, 4.69) is 62.2 Å². The van der Waals surface area contributed by atoms with Crippen LogP contribution in [-0.2, 0) is 13.0 Å². The number of nitrogens with zero attached hydrogens (tertiary/aromatic N) is 1. The zero-order chi connectivity index (χ0) is 15.2. The number of nitrogens with one attached hydrogen (secondary N) is 1. The van der Waals surface area contributed by atoms with E-state index in [9.17, 15) is 0 Å². The molecule has 0 aliphatic carbocycles. The van der Waals surface area contributed by atoms with E-state index in [-0.39, 0.29) is 0 Å². The molecule has 21 heavy (non-hydrogen) atoms. The van der Waals surface area contributed by atoms with Crippen LogP contribution in [0.3, 0.4) is 0 Å². The monoisotopic (exact) mass is 288 g/mol. The van der Waals surface area contributed by atoms with E-state index in [1.165, 1.54) is 30.5 Å². The second-order valence-corrected chi connectivity index (χ2v) is 6.96. The lowest BCUT2D eigenvalue weighted by Gasteiger charge is -2.38. The molecule has 1 saturated heterocycles. The number of piperidine rings is 1. The Morgan fingerprint density at radius 2 is 1.90 bits per heavy atom. The third-order valence-corrected chi connectivity index (χ3v) is 4.94. The van der Waals surface area contributed by atoms with Gasteiger partial charge in [0.1, 0.15) is 0 Å². The summed E-state index contributed by atoms with van der Waals surface area (Å²) in [6.45, 7) is 12.7. The van der Waals surface area contributed by atoms with Crippen LogP contribution >= 0.6 is 0 Å². The Kier molecular flexibility index (Phi) is 6.25. The maximum atomic E-state index is 3.53. The van der Waals surface area contributed by atoms with E-state index in [1.54, 1.807) is 0 Å². The van der Waals surface area contributed by atoms with E-state index < -0.39 is 0 Å². The highest BCUT2D eigenvalue weighted by Crippen LogP contribution is 2.25. The van der Waals surface area contributed by atoms with E-state index >= 15 is 0 Å². The Morgan fingerprint density at radius 1 is 1.19 bits per heavy atom. The first kappa shape index (κ1) is 16.5. The Hall–Kier alpha value is -0.860. The first-order valence-electron chi connectivity index (χ1n) is 8.62. The van der Waals surface area contributed by atoms with Crippen LogP contribution < -0.4 is 5.32 Å². The summed E-state index contributed by atoms with van der Waals surface area (Å²) in [5, 5.41) is 3.53. The maximum Gasteiger partial charge on any atom is 0.0239 e. The average Bonchev–Trinajstić information content (AvgIpc) is 2.45. The molecular weight excluding hydrogens is 256 g/mol. The molecule has 1 heterocycles. The lowest BCUT2D eigenvalue weighted by molar-refractivity contribution is 0.106. The molecule has 1 N–H and O–H groups in total. The summed E-state index contributed by atoms with van der Waals surface area (Å²) < 4.78 is 0. The number of likely N-dealkylation sites (tertiary alicyclic amines) is 1. The van der Waals surface area contributed by atoms with Crippen molar-refractivity contribution >= 4 is 0 Å². The number of hydrogen-bond acceptors (Lipinski definition) is 2. The first-order valence-corrected chi connectivity index (χ1v) is 8.62. The summed E-state index contributed by atoms with van der Waals surface area (Å²) in [5.41, 5.74) is 3.03. The van der Waals surface area contributed by atoms with Gasteiger partial charge in [-0.05, 0) is 56.3 Å². The average molecular weight is 288 g/mol. The molecule has 118 valence electrons. The van der Waals surface area contributed by atoms with Crippen molar-refractivity contribution in [1.82, 2.24) is 10.2 Å². The molecule has 0 bridgehead atoms. The summed E-state index contributed by atoms with van der Waals surface area (Å²) in [6.07, 6.45) is 3.87. The topological polar surface area (TPSA) is 15.3 Å². The van der Waals surface area contributed by atoms with Crippen molar-refractivity contribution in [2.75, 3.05) is 13.1 Å². The molecule has 1 aliphatic heterocycles. The third-order valence-electron chi connectivity index (χ3n) is 4.94. The van der Waals surface area contributed by atoms with Crippen molar-refractivity contribution in [3.05, 3.63) is 35.4 Å². The SMILES string of the molecule is CC(C)NCCc1ccccc1CN1CCCC(C)C1C. The Morgan fingerprint density at radius 3 is 2.62 bits per heavy atom. The molecule has 2 atom stereocenters. The fraction of sp³-hybridized carbons (Fsp3) is 0.684. The number of rotatable bonds is 6. The molecule has 0 saturated carbocycles. The van der Waals surface area contributed by atoms with Crippen LogP contribution in [0, 0.1) is 5.92 Å². The van der Waals surface area contributed by atoms with Crippen LogP contribution in [0.1, 0.15) is 51.7 Å². The van der Waals surface area contributed by atoms with Gasteiger partial charge < -0.3 is 5.32 Å². The normalized spacial score (nSPS) is 23.7. The fourth-order valence-corrected chi connectivity index (χ4v) is 3.31.